The van der Waals surface area contributed by atoms with Gasteiger partial charge in [-0.3, -0.25) is 9.52 Å². The van der Waals surface area contributed by atoms with Gasteiger partial charge >= 0.3 is 0 Å². The third-order valence-corrected chi connectivity index (χ3v) is 5.50. The van der Waals surface area contributed by atoms with Crippen molar-refractivity contribution in [1.82, 2.24) is 4.98 Å². The number of pyridine rings is 1. The van der Waals surface area contributed by atoms with Gasteiger partial charge in [-0.25, -0.2) is 17.8 Å². The van der Waals surface area contributed by atoms with Crippen LogP contribution in [-0.4, -0.2) is 19.3 Å². The lowest BCUT2D eigenvalue weighted by Crippen LogP contribution is -2.13. The Morgan fingerprint density at radius 3 is 2.64 bits per heavy atom. The van der Waals surface area contributed by atoms with E-state index in [1.165, 1.54) is 30.5 Å². The van der Waals surface area contributed by atoms with Crippen molar-refractivity contribution in [1.29, 1.82) is 0 Å². The van der Waals surface area contributed by atoms with Crippen LogP contribution in [0, 0.1) is 5.82 Å². The number of sulfonamides is 1. The van der Waals surface area contributed by atoms with E-state index in [2.05, 4.69) is 20.3 Å². The van der Waals surface area contributed by atoms with Gasteiger partial charge in [0.05, 0.1) is 23.2 Å². The van der Waals surface area contributed by atoms with Gasteiger partial charge < -0.3 is 10.6 Å². The zero-order valence-electron chi connectivity index (χ0n) is 14.4. The molecule has 0 fully saturated rings. The van der Waals surface area contributed by atoms with Crippen molar-refractivity contribution in [3.63, 3.8) is 0 Å². The Kier molecular flexibility index (Phi) is 4.44. The number of hydrogen-bond donors (Lipinski definition) is 3. The van der Waals surface area contributed by atoms with Crippen molar-refractivity contribution in [2.45, 2.75) is 11.3 Å². The van der Waals surface area contributed by atoms with Crippen LogP contribution in [0.1, 0.15) is 5.56 Å². The molecule has 3 N–H and O–H groups in total. The van der Waals surface area contributed by atoms with E-state index in [1.807, 2.05) is 0 Å². The molecule has 0 saturated carbocycles. The molecule has 7 nitrogen and oxygen atoms in total. The summed E-state index contributed by atoms with van der Waals surface area (Å²) < 4.78 is 40.9. The van der Waals surface area contributed by atoms with Crippen molar-refractivity contribution >= 4 is 38.8 Å². The minimum Gasteiger partial charge on any atom is -0.340 e. The average Bonchev–Trinajstić information content (AvgIpc) is 3.02. The molecule has 4 rings (SSSR count). The molecular formula is C19H15FN4O3S. The van der Waals surface area contributed by atoms with Crippen LogP contribution in [0.2, 0.25) is 0 Å². The third-order valence-electron chi connectivity index (χ3n) is 4.12. The molecule has 0 unspecified atom stereocenters. The summed E-state index contributed by atoms with van der Waals surface area (Å²) >= 11 is 0. The second-order valence-electron chi connectivity index (χ2n) is 6.22. The summed E-state index contributed by atoms with van der Waals surface area (Å²) in [7, 11) is -3.83. The Labute approximate surface area is 160 Å². The number of halogens is 1. The van der Waals surface area contributed by atoms with Crippen LogP contribution in [-0.2, 0) is 21.2 Å². The molecule has 0 aliphatic carbocycles. The van der Waals surface area contributed by atoms with Crippen LogP contribution >= 0.6 is 0 Å². The number of carbonyl (C=O) groups is 1. The van der Waals surface area contributed by atoms with Gasteiger partial charge in [-0.1, -0.05) is 6.07 Å². The SMILES string of the molecule is O=C1Cc2cc(S(=O)(=O)Nc3ccc(Nc4cccc(F)c4)nc3)ccc2N1. The Morgan fingerprint density at radius 1 is 1.04 bits per heavy atom. The smallest absolute Gasteiger partial charge is 0.261 e. The highest BCUT2D eigenvalue weighted by Crippen LogP contribution is 2.27. The minimum atomic E-state index is -3.83. The molecule has 1 aliphatic rings. The van der Waals surface area contributed by atoms with Crippen molar-refractivity contribution < 1.29 is 17.6 Å². The Bertz CT molecular complexity index is 1160. The maximum Gasteiger partial charge on any atom is 0.261 e. The molecule has 1 amide bonds. The fourth-order valence-electron chi connectivity index (χ4n) is 2.83. The number of hydrogen-bond acceptors (Lipinski definition) is 5. The highest BCUT2D eigenvalue weighted by molar-refractivity contribution is 7.92. The first-order chi connectivity index (χ1) is 13.4. The van der Waals surface area contributed by atoms with Crippen molar-refractivity contribution in [2.75, 3.05) is 15.4 Å². The van der Waals surface area contributed by atoms with E-state index < -0.39 is 10.0 Å². The van der Waals surface area contributed by atoms with E-state index in [0.29, 0.717) is 22.8 Å². The second-order valence-corrected chi connectivity index (χ2v) is 7.90. The first-order valence-electron chi connectivity index (χ1n) is 8.33. The van der Waals surface area contributed by atoms with E-state index in [4.69, 9.17) is 0 Å². The molecule has 1 aromatic heterocycles. The largest absolute Gasteiger partial charge is 0.340 e. The summed E-state index contributed by atoms with van der Waals surface area (Å²) in [5.41, 5.74) is 2.07. The number of amides is 1. The first-order valence-corrected chi connectivity index (χ1v) is 9.82. The molecule has 3 aromatic rings. The predicted molar refractivity (Wildman–Crippen MR) is 104 cm³/mol. The van der Waals surface area contributed by atoms with E-state index in [1.54, 1.807) is 30.3 Å². The lowest BCUT2D eigenvalue weighted by Gasteiger charge is -2.10. The fourth-order valence-corrected chi connectivity index (χ4v) is 3.92. The summed E-state index contributed by atoms with van der Waals surface area (Å²) in [5, 5.41) is 5.59. The number of nitrogens with zero attached hydrogens (tertiary/aromatic N) is 1. The maximum atomic E-state index is 13.2. The number of rotatable bonds is 5. The van der Waals surface area contributed by atoms with Crippen LogP contribution < -0.4 is 15.4 Å². The van der Waals surface area contributed by atoms with Crippen molar-refractivity contribution in [3.05, 3.63) is 72.2 Å². The normalized spacial score (nSPS) is 13.0. The average molecular weight is 398 g/mol. The quantitative estimate of drug-likeness (QED) is 0.613. The molecule has 0 bridgehead atoms. The van der Waals surface area contributed by atoms with Gasteiger partial charge in [0, 0.05) is 11.4 Å². The van der Waals surface area contributed by atoms with Crippen LogP contribution in [0.5, 0.6) is 0 Å². The maximum absolute atomic E-state index is 13.2. The van der Waals surface area contributed by atoms with Crippen LogP contribution in [0.25, 0.3) is 0 Å². The van der Waals surface area contributed by atoms with E-state index in [-0.39, 0.29) is 28.7 Å². The number of benzene rings is 2. The van der Waals surface area contributed by atoms with Gasteiger partial charge in [0.2, 0.25) is 5.91 Å². The molecular weight excluding hydrogens is 383 g/mol. The molecule has 2 aromatic carbocycles. The van der Waals surface area contributed by atoms with Crippen molar-refractivity contribution in [2.24, 2.45) is 0 Å². The summed E-state index contributed by atoms with van der Waals surface area (Å²) in [6, 6.07) is 13.5. The van der Waals surface area contributed by atoms with Gasteiger partial charge in [-0.15, -0.1) is 0 Å². The lowest BCUT2D eigenvalue weighted by atomic mass is 10.2. The summed E-state index contributed by atoms with van der Waals surface area (Å²) in [6.45, 7) is 0. The van der Waals surface area contributed by atoms with Crippen LogP contribution in [0.15, 0.2) is 65.7 Å². The van der Waals surface area contributed by atoms with Crippen LogP contribution in [0.3, 0.4) is 0 Å². The first kappa shape index (κ1) is 17.9. The zero-order valence-corrected chi connectivity index (χ0v) is 15.3. The number of aromatic nitrogens is 1. The van der Waals surface area contributed by atoms with E-state index in [9.17, 15) is 17.6 Å². The Balaban J connectivity index is 1.49. The van der Waals surface area contributed by atoms with E-state index in [0.717, 1.165) is 0 Å². The fraction of sp³-hybridized carbons (Fsp3) is 0.0526. The number of carbonyl (C=O) groups excluding carboxylic acids is 1. The lowest BCUT2D eigenvalue weighted by molar-refractivity contribution is -0.115. The third kappa shape index (κ3) is 3.79. The van der Waals surface area contributed by atoms with E-state index >= 15 is 0 Å². The molecule has 0 saturated heterocycles. The standard InChI is InChI=1S/C19H15FN4O3S/c20-13-2-1-3-14(10-13)22-18-7-4-15(11-21-18)24-28(26,27)16-5-6-17-12(8-16)9-19(25)23-17/h1-8,10-11,24H,9H2,(H,21,22)(H,23,25). The molecule has 142 valence electrons. The minimum absolute atomic E-state index is 0.0599. The molecule has 2 heterocycles. The topological polar surface area (TPSA) is 100 Å². The Morgan fingerprint density at radius 2 is 1.89 bits per heavy atom. The summed E-state index contributed by atoms with van der Waals surface area (Å²) in [4.78, 5) is 15.6. The molecule has 0 spiro atoms. The Hall–Kier alpha value is -3.46. The number of nitrogens with one attached hydrogen (secondary N) is 3. The monoisotopic (exact) mass is 398 g/mol. The van der Waals surface area contributed by atoms with Gasteiger partial charge in [0.1, 0.15) is 11.6 Å². The van der Waals surface area contributed by atoms with Gasteiger partial charge in [0.25, 0.3) is 10.0 Å². The van der Waals surface area contributed by atoms with Gasteiger partial charge in [-0.05, 0) is 54.1 Å². The predicted octanol–water partition coefficient (Wildman–Crippen LogP) is 3.26. The van der Waals surface area contributed by atoms with Gasteiger partial charge in [-0.2, -0.15) is 0 Å². The summed E-state index contributed by atoms with van der Waals surface area (Å²) in [6.07, 6.45) is 1.51. The molecule has 1 aliphatic heterocycles. The number of anilines is 4. The highest BCUT2D eigenvalue weighted by atomic mass is 32.2. The second kappa shape index (κ2) is 6.93. The molecule has 9 heteroatoms. The highest BCUT2D eigenvalue weighted by Gasteiger charge is 2.22. The molecule has 0 atom stereocenters. The van der Waals surface area contributed by atoms with Crippen molar-refractivity contribution in [3.8, 4) is 0 Å². The molecule has 28 heavy (non-hydrogen) atoms. The van der Waals surface area contributed by atoms with Crippen LogP contribution in [0.4, 0.5) is 27.3 Å². The van der Waals surface area contributed by atoms with Gasteiger partial charge in [0.15, 0.2) is 0 Å². The number of fused-ring (bicyclic) bond motifs is 1. The summed E-state index contributed by atoms with van der Waals surface area (Å²) in [5.74, 6) is -0.0978. The molecule has 0 radical (unpaired) electrons. The zero-order chi connectivity index (χ0) is 19.7.